The summed E-state index contributed by atoms with van der Waals surface area (Å²) in [6.45, 7) is 5.59. The smallest absolute Gasteiger partial charge is 0.345 e. The van der Waals surface area contributed by atoms with Crippen molar-refractivity contribution >= 4 is 11.9 Å². The average molecular weight is 212 g/mol. The molecule has 0 fully saturated rings. The molecule has 0 aromatic carbocycles. The second-order valence-corrected chi connectivity index (χ2v) is 2.55. The molecule has 0 unspecified atom stereocenters. The van der Waals surface area contributed by atoms with Gasteiger partial charge in [0.1, 0.15) is 5.57 Å². The molecule has 15 heavy (non-hydrogen) atoms. The Morgan fingerprint density at radius 1 is 1.07 bits per heavy atom. The Kier molecular flexibility index (Phi) is 6.97. The van der Waals surface area contributed by atoms with Crippen LogP contribution in [0.5, 0.6) is 0 Å². The lowest BCUT2D eigenvalue weighted by Crippen LogP contribution is -2.18. The molecule has 0 aromatic heterocycles. The maximum absolute atomic E-state index is 11.3. The lowest BCUT2D eigenvalue weighted by Gasteiger charge is -2.05. The molecule has 0 aliphatic rings. The van der Waals surface area contributed by atoms with Crippen molar-refractivity contribution in [3.8, 4) is 0 Å². The second-order valence-electron chi connectivity index (χ2n) is 2.55. The molecule has 0 rings (SSSR count). The van der Waals surface area contributed by atoms with Gasteiger partial charge in [0.25, 0.3) is 0 Å². The third kappa shape index (κ3) is 5.00. The van der Waals surface area contributed by atoms with Gasteiger partial charge in [-0.2, -0.15) is 0 Å². The lowest BCUT2D eigenvalue weighted by atomic mass is 10.2. The van der Waals surface area contributed by atoms with Gasteiger partial charge in [-0.15, -0.1) is 0 Å². The van der Waals surface area contributed by atoms with Crippen molar-refractivity contribution in [1.82, 2.24) is 0 Å². The topological polar surface area (TPSA) is 52.6 Å². The maximum Gasteiger partial charge on any atom is 0.345 e. The number of ether oxygens (including phenoxy) is 2. The number of hydrogen-bond acceptors (Lipinski definition) is 4. The molecule has 4 heteroatoms. The molecule has 0 saturated carbocycles. The molecule has 0 radical (unpaired) electrons. The number of carbonyl (C=O) groups is 2. The number of allylic oxidation sites excluding steroid dienone is 3. The minimum Gasteiger partial charge on any atom is -0.462 e. The maximum atomic E-state index is 11.3. The largest absolute Gasteiger partial charge is 0.462 e. The third-order valence-corrected chi connectivity index (χ3v) is 1.45. The summed E-state index contributed by atoms with van der Waals surface area (Å²) in [5.41, 5.74) is -0.0863. The van der Waals surface area contributed by atoms with Crippen molar-refractivity contribution in [3.05, 3.63) is 23.8 Å². The Bertz CT molecular complexity index is 256. The van der Waals surface area contributed by atoms with Gasteiger partial charge in [0, 0.05) is 0 Å². The lowest BCUT2D eigenvalue weighted by molar-refractivity contribution is -0.146. The predicted octanol–water partition coefficient (Wildman–Crippen LogP) is 1.62. The molecule has 0 aromatic rings. The fraction of sp³-hybridized carbons (Fsp3) is 0.455. The average Bonchev–Trinajstić information content (AvgIpc) is 2.19. The summed E-state index contributed by atoms with van der Waals surface area (Å²) in [6, 6.07) is 0. The fourth-order valence-electron chi connectivity index (χ4n) is 0.830. The monoisotopic (exact) mass is 212 g/mol. The standard InChI is InChI=1S/C11H16O4/c1-4-7-8-9(10(12)14-5-2)11(13)15-6-3/h4,7-8H,5-6H2,1-3H3/b7-4+. The molecule has 0 saturated heterocycles. The quantitative estimate of drug-likeness (QED) is 0.228. The molecule has 84 valence electrons. The first-order valence-electron chi connectivity index (χ1n) is 4.84. The Labute approximate surface area is 89.6 Å². The van der Waals surface area contributed by atoms with Gasteiger partial charge >= 0.3 is 11.9 Å². The second kappa shape index (κ2) is 7.79. The van der Waals surface area contributed by atoms with E-state index in [-0.39, 0.29) is 18.8 Å². The van der Waals surface area contributed by atoms with Crippen molar-refractivity contribution in [3.63, 3.8) is 0 Å². The summed E-state index contributed by atoms with van der Waals surface area (Å²) in [7, 11) is 0. The highest BCUT2D eigenvalue weighted by molar-refractivity contribution is 6.14. The van der Waals surface area contributed by atoms with Crippen LogP contribution in [-0.2, 0) is 19.1 Å². The summed E-state index contributed by atoms with van der Waals surface area (Å²) in [5, 5.41) is 0. The molecule has 0 N–H and O–H groups in total. The van der Waals surface area contributed by atoms with Crippen LogP contribution in [0.15, 0.2) is 23.8 Å². The van der Waals surface area contributed by atoms with Crippen LogP contribution in [0.25, 0.3) is 0 Å². The summed E-state index contributed by atoms with van der Waals surface area (Å²) >= 11 is 0. The van der Waals surface area contributed by atoms with E-state index in [4.69, 9.17) is 9.47 Å². The van der Waals surface area contributed by atoms with Crippen molar-refractivity contribution in [2.24, 2.45) is 0 Å². The highest BCUT2D eigenvalue weighted by atomic mass is 16.6. The SMILES string of the molecule is C/C=C/C=C(C(=O)OCC)C(=O)OCC. The van der Waals surface area contributed by atoms with E-state index < -0.39 is 11.9 Å². The molecule has 0 spiro atoms. The normalized spacial score (nSPS) is 9.80. The number of carbonyl (C=O) groups excluding carboxylic acids is 2. The Morgan fingerprint density at radius 2 is 1.53 bits per heavy atom. The minimum atomic E-state index is -0.658. The van der Waals surface area contributed by atoms with E-state index in [2.05, 4.69) is 0 Å². The van der Waals surface area contributed by atoms with Crippen LogP contribution in [0, 0.1) is 0 Å². The van der Waals surface area contributed by atoms with E-state index >= 15 is 0 Å². The van der Waals surface area contributed by atoms with Crippen LogP contribution in [-0.4, -0.2) is 25.2 Å². The van der Waals surface area contributed by atoms with Crippen LogP contribution in [0.3, 0.4) is 0 Å². The zero-order chi connectivity index (χ0) is 11.7. The molecular weight excluding hydrogens is 196 g/mol. The number of rotatable bonds is 5. The number of hydrogen-bond donors (Lipinski definition) is 0. The van der Waals surface area contributed by atoms with Gasteiger partial charge in [-0.1, -0.05) is 12.2 Å². The van der Waals surface area contributed by atoms with Crippen molar-refractivity contribution in [2.45, 2.75) is 20.8 Å². The molecule has 0 bridgehead atoms. The molecule has 4 nitrogen and oxygen atoms in total. The molecule has 0 atom stereocenters. The van der Waals surface area contributed by atoms with Gasteiger partial charge in [-0.05, 0) is 26.8 Å². The van der Waals surface area contributed by atoms with Gasteiger partial charge in [0.15, 0.2) is 0 Å². The molecular formula is C11H16O4. The van der Waals surface area contributed by atoms with Gasteiger partial charge in [0.05, 0.1) is 13.2 Å². The van der Waals surface area contributed by atoms with Gasteiger partial charge in [-0.25, -0.2) is 9.59 Å². The van der Waals surface area contributed by atoms with Crippen LogP contribution in [0.1, 0.15) is 20.8 Å². The first kappa shape index (κ1) is 13.4. The summed E-state index contributed by atoms with van der Waals surface area (Å²) in [4.78, 5) is 22.7. The fourth-order valence-corrected chi connectivity index (χ4v) is 0.830. The summed E-state index contributed by atoms with van der Waals surface area (Å²) in [5.74, 6) is -1.32. The highest BCUT2D eigenvalue weighted by Gasteiger charge is 2.19. The Hall–Kier alpha value is -1.58. The van der Waals surface area contributed by atoms with Crippen molar-refractivity contribution in [2.75, 3.05) is 13.2 Å². The van der Waals surface area contributed by atoms with E-state index in [0.29, 0.717) is 0 Å². The first-order valence-corrected chi connectivity index (χ1v) is 4.84. The molecule has 0 aliphatic carbocycles. The Morgan fingerprint density at radius 3 is 1.87 bits per heavy atom. The van der Waals surface area contributed by atoms with E-state index in [9.17, 15) is 9.59 Å². The van der Waals surface area contributed by atoms with Gasteiger partial charge in [-0.3, -0.25) is 0 Å². The van der Waals surface area contributed by atoms with E-state index in [0.717, 1.165) is 0 Å². The number of esters is 2. The summed E-state index contributed by atoms with van der Waals surface area (Å²) in [6.07, 6.45) is 4.68. The Balaban J connectivity index is 4.72. The minimum absolute atomic E-state index is 0.0863. The predicted molar refractivity (Wildman–Crippen MR) is 56.2 cm³/mol. The molecule has 0 aliphatic heterocycles. The van der Waals surface area contributed by atoms with Crippen LogP contribution >= 0.6 is 0 Å². The van der Waals surface area contributed by atoms with E-state index in [1.54, 1.807) is 32.9 Å². The zero-order valence-electron chi connectivity index (χ0n) is 9.28. The van der Waals surface area contributed by atoms with Crippen molar-refractivity contribution in [1.29, 1.82) is 0 Å². The van der Waals surface area contributed by atoms with Crippen LogP contribution < -0.4 is 0 Å². The van der Waals surface area contributed by atoms with Gasteiger partial charge in [0.2, 0.25) is 0 Å². The van der Waals surface area contributed by atoms with Crippen LogP contribution in [0.4, 0.5) is 0 Å². The molecule has 0 heterocycles. The third-order valence-electron chi connectivity index (χ3n) is 1.45. The van der Waals surface area contributed by atoms with Crippen LogP contribution in [0.2, 0.25) is 0 Å². The van der Waals surface area contributed by atoms with Crippen molar-refractivity contribution < 1.29 is 19.1 Å². The molecule has 0 amide bonds. The highest BCUT2D eigenvalue weighted by Crippen LogP contribution is 2.02. The van der Waals surface area contributed by atoms with E-state index in [1.807, 2.05) is 0 Å². The zero-order valence-corrected chi connectivity index (χ0v) is 9.28. The summed E-state index contributed by atoms with van der Waals surface area (Å²) < 4.78 is 9.45. The first-order chi connectivity index (χ1) is 7.17. The van der Waals surface area contributed by atoms with E-state index in [1.165, 1.54) is 6.08 Å². The van der Waals surface area contributed by atoms with Gasteiger partial charge < -0.3 is 9.47 Å².